The molecule has 10 N–H and O–H groups in total. The number of phosphoric ester groups is 4. The molecular weight excluding hydrogens is 496 g/mol. The van der Waals surface area contributed by atoms with E-state index in [0.717, 1.165) is 0 Å². The molecular formula is C7H18O18P4. The monoisotopic (exact) mass is 514 g/mol. The molecule has 0 saturated heterocycles. The van der Waals surface area contributed by atoms with E-state index in [9.17, 15) is 28.5 Å². The molecule has 1 rings (SSSR count). The maximum atomic E-state index is 11.3. The minimum atomic E-state index is -5.70. The first-order valence-electron chi connectivity index (χ1n) is 6.90. The van der Waals surface area contributed by atoms with Crippen LogP contribution in [0.25, 0.3) is 0 Å². The first kappa shape index (κ1) is 27.4. The Kier molecular flexibility index (Phi) is 8.23. The number of phosphoric acid groups is 4. The van der Waals surface area contributed by atoms with Crippen molar-refractivity contribution in [2.45, 2.75) is 43.0 Å². The van der Waals surface area contributed by atoms with E-state index in [4.69, 9.17) is 39.1 Å². The van der Waals surface area contributed by atoms with Gasteiger partial charge in [0.15, 0.2) is 0 Å². The molecule has 174 valence electrons. The van der Waals surface area contributed by atoms with Gasteiger partial charge in [0.05, 0.1) is 0 Å². The number of hydrogen-bond acceptors (Lipinski definition) is 10. The van der Waals surface area contributed by atoms with E-state index in [1.165, 1.54) is 0 Å². The lowest BCUT2D eigenvalue weighted by atomic mass is 9.76. The van der Waals surface area contributed by atoms with Gasteiger partial charge in [-0.3, -0.25) is 18.1 Å². The Labute approximate surface area is 161 Å². The highest BCUT2D eigenvalue weighted by Crippen LogP contribution is 2.56. The summed E-state index contributed by atoms with van der Waals surface area (Å²) in [5.41, 5.74) is -3.12. The predicted molar refractivity (Wildman–Crippen MR) is 84.3 cm³/mol. The van der Waals surface area contributed by atoms with Crippen LogP contribution in [-0.2, 0) is 36.4 Å². The quantitative estimate of drug-likeness (QED) is 0.144. The van der Waals surface area contributed by atoms with E-state index in [-0.39, 0.29) is 0 Å². The maximum Gasteiger partial charge on any atom is 0.470 e. The Balaban J connectivity index is 3.66. The third-order valence-corrected chi connectivity index (χ3v) is 5.65. The second kappa shape index (κ2) is 8.71. The second-order valence-electron chi connectivity index (χ2n) is 5.84. The Bertz CT molecular complexity index is 733. The first-order chi connectivity index (χ1) is 12.6. The minimum absolute atomic E-state index is 0.479. The van der Waals surface area contributed by atoms with E-state index >= 15 is 0 Å². The summed E-state index contributed by atoms with van der Waals surface area (Å²) in [6.07, 6.45) is -13.4. The fourth-order valence-corrected chi connectivity index (χ4v) is 5.21. The third-order valence-electron chi connectivity index (χ3n) is 3.50. The fraction of sp³-hybridized carbons (Fsp3) is 1.00. The van der Waals surface area contributed by atoms with E-state index in [1.807, 2.05) is 0 Å². The average molecular weight is 514 g/mol. The minimum Gasteiger partial charge on any atom is -0.387 e. The van der Waals surface area contributed by atoms with Crippen molar-refractivity contribution in [1.29, 1.82) is 0 Å². The molecule has 0 spiro atoms. The van der Waals surface area contributed by atoms with Gasteiger partial charge in [0.2, 0.25) is 0 Å². The van der Waals surface area contributed by atoms with E-state index in [0.29, 0.717) is 6.92 Å². The molecule has 6 atom stereocenters. The predicted octanol–water partition coefficient (Wildman–Crippen LogP) is -2.98. The summed E-state index contributed by atoms with van der Waals surface area (Å²) < 4.78 is 61.5. The molecule has 0 aromatic heterocycles. The van der Waals surface area contributed by atoms with Crippen LogP contribution in [0.3, 0.4) is 0 Å². The highest BCUT2D eigenvalue weighted by molar-refractivity contribution is 7.47. The van der Waals surface area contributed by atoms with Crippen LogP contribution in [0.15, 0.2) is 0 Å². The average Bonchev–Trinajstić information content (AvgIpc) is 2.40. The van der Waals surface area contributed by atoms with Crippen molar-refractivity contribution in [3.63, 3.8) is 0 Å². The summed E-state index contributed by atoms with van der Waals surface area (Å²) in [7, 11) is -22.6. The third kappa shape index (κ3) is 8.09. The number of aliphatic hydroxyl groups excluding tert-OH is 2. The molecule has 0 radical (unpaired) electrons. The Morgan fingerprint density at radius 2 is 0.931 bits per heavy atom. The molecule has 1 aliphatic rings. The second-order valence-corrected chi connectivity index (χ2v) is 10.6. The first-order valence-corrected chi connectivity index (χ1v) is 13.0. The number of rotatable bonds is 8. The maximum absolute atomic E-state index is 11.3. The fourth-order valence-electron chi connectivity index (χ4n) is 2.66. The smallest absolute Gasteiger partial charge is 0.387 e. The van der Waals surface area contributed by atoms with Gasteiger partial charge in [0.1, 0.15) is 36.1 Å². The summed E-state index contributed by atoms with van der Waals surface area (Å²) in [5.74, 6) is 0. The summed E-state index contributed by atoms with van der Waals surface area (Å²) in [6, 6.07) is 0. The van der Waals surface area contributed by atoms with Gasteiger partial charge >= 0.3 is 31.3 Å². The van der Waals surface area contributed by atoms with Crippen molar-refractivity contribution in [3.8, 4) is 0 Å². The summed E-state index contributed by atoms with van der Waals surface area (Å²) in [6.45, 7) is 0.479. The van der Waals surface area contributed by atoms with Gasteiger partial charge < -0.3 is 49.4 Å². The molecule has 0 amide bonds. The lowest BCUT2D eigenvalue weighted by Crippen LogP contribution is -2.71. The number of aliphatic hydroxyl groups is 2. The van der Waals surface area contributed by atoms with Crippen molar-refractivity contribution in [2.75, 3.05) is 0 Å². The van der Waals surface area contributed by atoms with Gasteiger partial charge in [0.25, 0.3) is 0 Å². The van der Waals surface area contributed by atoms with E-state index in [2.05, 4.69) is 18.1 Å². The van der Waals surface area contributed by atoms with Crippen LogP contribution in [0.4, 0.5) is 0 Å². The van der Waals surface area contributed by atoms with Crippen molar-refractivity contribution in [2.24, 2.45) is 0 Å². The van der Waals surface area contributed by atoms with Gasteiger partial charge in [-0.1, -0.05) is 0 Å². The molecule has 0 heterocycles. The normalized spacial score (nSPS) is 34.9. The van der Waals surface area contributed by atoms with Gasteiger partial charge in [-0.15, -0.1) is 0 Å². The standard InChI is InChI=1S/C7H18O18P4/c1-7(25-29(19,20)21)5(23-27(13,14)15)2(8)4(22-26(10,11)12)3(9)6(7)24-28(16,17)18/h2-6,8-9H,1H3,(H2,10,11,12)(H2,13,14,15)(H2,16,17,18)(H2,19,20,21)/t2-,3-,4?,5-,6+,7?/m0/s1. The van der Waals surface area contributed by atoms with Crippen molar-refractivity contribution < 1.29 is 85.7 Å². The van der Waals surface area contributed by atoms with Gasteiger partial charge in [-0.2, -0.15) is 0 Å². The molecule has 0 aromatic carbocycles. The molecule has 0 aliphatic heterocycles. The zero-order chi connectivity index (χ0) is 23.2. The summed E-state index contributed by atoms with van der Waals surface area (Å²) in [4.78, 5) is 71.9. The zero-order valence-corrected chi connectivity index (χ0v) is 17.5. The molecule has 22 heteroatoms. The molecule has 1 saturated carbocycles. The number of hydrogen-bond donors (Lipinski definition) is 10. The molecule has 1 aliphatic carbocycles. The molecule has 0 aromatic rings. The van der Waals surface area contributed by atoms with Crippen molar-refractivity contribution in [1.82, 2.24) is 0 Å². The van der Waals surface area contributed by atoms with E-state index in [1.54, 1.807) is 0 Å². The lowest BCUT2D eigenvalue weighted by molar-refractivity contribution is -0.245. The highest BCUT2D eigenvalue weighted by Gasteiger charge is 2.65. The summed E-state index contributed by atoms with van der Waals surface area (Å²) >= 11 is 0. The van der Waals surface area contributed by atoms with Gasteiger partial charge in [0, 0.05) is 0 Å². The largest absolute Gasteiger partial charge is 0.470 e. The molecule has 0 bridgehead atoms. The zero-order valence-electron chi connectivity index (χ0n) is 13.9. The Morgan fingerprint density at radius 1 is 0.621 bits per heavy atom. The molecule has 18 nitrogen and oxygen atoms in total. The topological polar surface area (TPSA) is 308 Å². The van der Waals surface area contributed by atoms with Crippen molar-refractivity contribution in [3.05, 3.63) is 0 Å². The van der Waals surface area contributed by atoms with E-state index < -0.39 is 67.4 Å². The Morgan fingerprint density at radius 3 is 1.17 bits per heavy atom. The van der Waals surface area contributed by atoms with Crippen LogP contribution in [-0.4, -0.2) is 85.5 Å². The lowest BCUT2D eigenvalue weighted by Gasteiger charge is -2.51. The van der Waals surface area contributed by atoms with Gasteiger partial charge in [-0.25, -0.2) is 18.3 Å². The molecule has 2 unspecified atom stereocenters. The van der Waals surface area contributed by atoms with Crippen LogP contribution in [0.1, 0.15) is 6.92 Å². The SMILES string of the molecule is CC1(OP(=O)(O)O)[C@H](OP(=O)(O)O)[C@@H](O)C(OP(=O)(O)O)[C@H](O)[C@@H]1OP(=O)(O)O. The van der Waals surface area contributed by atoms with Crippen molar-refractivity contribution >= 4 is 31.3 Å². The van der Waals surface area contributed by atoms with Crippen LogP contribution >= 0.6 is 31.3 Å². The van der Waals surface area contributed by atoms with Crippen LogP contribution in [0, 0.1) is 0 Å². The van der Waals surface area contributed by atoms with Crippen LogP contribution in [0.5, 0.6) is 0 Å². The Hall–Kier alpha value is 0.360. The van der Waals surface area contributed by atoms with Crippen LogP contribution < -0.4 is 0 Å². The summed E-state index contributed by atoms with van der Waals surface area (Å²) in [5, 5.41) is 20.4. The van der Waals surface area contributed by atoms with Gasteiger partial charge in [-0.05, 0) is 6.92 Å². The molecule has 29 heavy (non-hydrogen) atoms. The molecule has 1 fully saturated rings. The highest BCUT2D eigenvalue weighted by atomic mass is 31.2. The van der Waals surface area contributed by atoms with Crippen LogP contribution in [0.2, 0.25) is 0 Å².